The highest BCUT2D eigenvalue weighted by molar-refractivity contribution is 6.03. The van der Waals surface area contributed by atoms with E-state index in [4.69, 9.17) is 9.47 Å². The Labute approximate surface area is 147 Å². The Morgan fingerprint density at radius 3 is 2.36 bits per heavy atom. The van der Waals surface area contributed by atoms with E-state index >= 15 is 0 Å². The van der Waals surface area contributed by atoms with Gasteiger partial charge in [-0.25, -0.2) is 0 Å². The lowest BCUT2D eigenvalue weighted by molar-refractivity contribution is -0.126. The van der Waals surface area contributed by atoms with Crippen molar-refractivity contribution in [2.24, 2.45) is 0 Å². The predicted molar refractivity (Wildman–Crippen MR) is 95.3 cm³/mol. The lowest BCUT2D eigenvalue weighted by Crippen LogP contribution is -2.30. The van der Waals surface area contributed by atoms with E-state index in [-0.39, 0.29) is 18.2 Å². The molecule has 0 heterocycles. The van der Waals surface area contributed by atoms with Crippen molar-refractivity contribution in [3.63, 3.8) is 0 Å². The summed E-state index contributed by atoms with van der Waals surface area (Å²) >= 11 is 0. The van der Waals surface area contributed by atoms with Gasteiger partial charge in [-0.15, -0.1) is 0 Å². The highest BCUT2D eigenvalue weighted by Crippen LogP contribution is 2.17. The van der Waals surface area contributed by atoms with E-state index in [0.29, 0.717) is 31.2 Å². The molecule has 2 amide bonds. The summed E-state index contributed by atoms with van der Waals surface area (Å²) in [6.07, 6.45) is -0.226. The van der Waals surface area contributed by atoms with Gasteiger partial charge < -0.3 is 20.1 Å². The van der Waals surface area contributed by atoms with Crippen molar-refractivity contribution in [1.29, 1.82) is 0 Å². The topological polar surface area (TPSA) is 76.7 Å². The van der Waals surface area contributed by atoms with Crippen molar-refractivity contribution in [1.82, 2.24) is 5.32 Å². The minimum Gasteiger partial charge on any atom is -0.489 e. The maximum atomic E-state index is 11.8. The Balaban J connectivity index is 1.75. The third kappa shape index (κ3) is 7.05. The van der Waals surface area contributed by atoms with E-state index in [2.05, 4.69) is 10.6 Å². The van der Waals surface area contributed by atoms with Gasteiger partial charge in [0.25, 0.3) is 0 Å². The van der Waals surface area contributed by atoms with Crippen LogP contribution in [0, 0.1) is 0 Å². The summed E-state index contributed by atoms with van der Waals surface area (Å²) in [7, 11) is 1.55. The van der Waals surface area contributed by atoms with Crippen LogP contribution >= 0.6 is 0 Å². The average Bonchev–Trinajstić information content (AvgIpc) is 2.62. The van der Waals surface area contributed by atoms with Gasteiger partial charge in [0.2, 0.25) is 11.8 Å². The first kappa shape index (κ1) is 18.5. The standard InChI is InChI=1S/C19H22N2O4/c1-24-12-11-20-18(22)13-19(23)21-16-7-9-17(10-8-16)25-14-15-5-3-2-4-6-15/h2-10H,11-14H2,1H3,(H,20,22)(H,21,23). The van der Waals surface area contributed by atoms with E-state index < -0.39 is 0 Å². The van der Waals surface area contributed by atoms with Crippen LogP contribution in [-0.4, -0.2) is 32.1 Å². The number of nitrogens with one attached hydrogen (secondary N) is 2. The molecule has 0 saturated heterocycles. The van der Waals surface area contributed by atoms with Gasteiger partial charge in [-0.3, -0.25) is 9.59 Å². The second kappa shape index (κ2) is 10.1. The zero-order valence-electron chi connectivity index (χ0n) is 14.2. The molecule has 0 aliphatic rings. The van der Waals surface area contributed by atoms with Crippen LogP contribution in [-0.2, 0) is 20.9 Å². The van der Waals surface area contributed by atoms with Crippen molar-refractivity contribution in [3.8, 4) is 5.75 Å². The summed E-state index contributed by atoms with van der Waals surface area (Å²) in [4.78, 5) is 23.4. The molecule has 25 heavy (non-hydrogen) atoms. The summed E-state index contributed by atoms with van der Waals surface area (Å²) in [5.41, 5.74) is 1.70. The molecule has 0 spiro atoms. The van der Waals surface area contributed by atoms with Crippen LogP contribution in [0.1, 0.15) is 12.0 Å². The molecule has 0 radical (unpaired) electrons. The second-order valence-electron chi connectivity index (χ2n) is 5.37. The molecule has 6 nitrogen and oxygen atoms in total. The van der Waals surface area contributed by atoms with E-state index in [9.17, 15) is 9.59 Å². The van der Waals surface area contributed by atoms with Crippen LogP contribution in [0.2, 0.25) is 0 Å². The van der Waals surface area contributed by atoms with Crippen LogP contribution in [0.25, 0.3) is 0 Å². The molecule has 6 heteroatoms. The molecule has 2 N–H and O–H groups in total. The number of rotatable bonds is 9. The Morgan fingerprint density at radius 2 is 1.68 bits per heavy atom. The summed E-state index contributed by atoms with van der Waals surface area (Å²) in [6.45, 7) is 1.28. The van der Waals surface area contributed by atoms with Gasteiger partial charge >= 0.3 is 0 Å². The van der Waals surface area contributed by atoms with E-state index in [1.165, 1.54) is 0 Å². The molecule has 132 valence electrons. The van der Waals surface area contributed by atoms with Crippen molar-refractivity contribution < 1.29 is 19.1 Å². The Morgan fingerprint density at radius 1 is 0.960 bits per heavy atom. The molecular formula is C19H22N2O4. The van der Waals surface area contributed by atoms with Crippen molar-refractivity contribution in [2.75, 3.05) is 25.6 Å². The maximum absolute atomic E-state index is 11.8. The Bertz CT molecular complexity index is 672. The fourth-order valence-corrected chi connectivity index (χ4v) is 2.08. The molecule has 0 aromatic heterocycles. The van der Waals surface area contributed by atoms with Crippen LogP contribution in [0.4, 0.5) is 5.69 Å². The van der Waals surface area contributed by atoms with E-state index in [1.807, 2.05) is 30.3 Å². The van der Waals surface area contributed by atoms with Crippen LogP contribution in [0.3, 0.4) is 0 Å². The fourth-order valence-electron chi connectivity index (χ4n) is 2.08. The third-order valence-electron chi connectivity index (χ3n) is 3.34. The minimum absolute atomic E-state index is 0.226. The molecule has 0 bridgehead atoms. The Hall–Kier alpha value is -2.86. The first-order chi connectivity index (χ1) is 12.2. The number of hydrogen-bond donors (Lipinski definition) is 2. The Kier molecular flexibility index (Phi) is 7.46. The number of benzene rings is 2. The predicted octanol–water partition coefficient (Wildman–Crippen LogP) is 2.36. The lowest BCUT2D eigenvalue weighted by Gasteiger charge is -2.09. The van der Waals surface area contributed by atoms with Crippen molar-refractivity contribution >= 4 is 17.5 Å². The first-order valence-electron chi connectivity index (χ1n) is 7.99. The smallest absolute Gasteiger partial charge is 0.233 e. The van der Waals surface area contributed by atoms with Gasteiger partial charge in [-0.2, -0.15) is 0 Å². The second-order valence-corrected chi connectivity index (χ2v) is 5.37. The maximum Gasteiger partial charge on any atom is 0.233 e. The summed E-state index contributed by atoms with van der Waals surface area (Å²) in [5, 5.41) is 5.27. The largest absolute Gasteiger partial charge is 0.489 e. The molecule has 0 unspecified atom stereocenters. The number of ether oxygens (including phenoxy) is 2. The third-order valence-corrected chi connectivity index (χ3v) is 3.34. The van der Waals surface area contributed by atoms with Crippen LogP contribution in [0.5, 0.6) is 5.75 Å². The highest BCUT2D eigenvalue weighted by Gasteiger charge is 2.09. The molecule has 0 saturated carbocycles. The summed E-state index contributed by atoms with van der Waals surface area (Å²) in [6, 6.07) is 16.9. The van der Waals surface area contributed by atoms with Gasteiger partial charge in [-0.05, 0) is 29.8 Å². The highest BCUT2D eigenvalue weighted by atomic mass is 16.5. The average molecular weight is 342 g/mol. The number of carbonyl (C=O) groups excluding carboxylic acids is 2. The molecule has 0 aliphatic heterocycles. The van der Waals surface area contributed by atoms with Crippen LogP contribution < -0.4 is 15.4 Å². The zero-order chi connectivity index (χ0) is 17.9. The number of anilines is 1. The zero-order valence-corrected chi connectivity index (χ0v) is 14.2. The quantitative estimate of drug-likeness (QED) is 0.542. The van der Waals surface area contributed by atoms with Crippen molar-refractivity contribution in [2.45, 2.75) is 13.0 Å². The fraction of sp³-hybridized carbons (Fsp3) is 0.263. The first-order valence-corrected chi connectivity index (χ1v) is 7.99. The molecule has 0 aliphatic carbocycles. The van der Waals surface area contributed by atoms with Gasteiger partial charge in [-0.1, -0.05) is 30.3 Å². The minimum atomic E-state index is -0.368. The van der Waals surface area contributed by atoms with E-state index in [1.54, 1.807) is 31.4 Å². The normalized spacial score (nSPS) is 10.1. The van der Waals surface area contributed by atoms with Gasteiger partial charge in [0.1, 0.15) is 18.8 Å². The molecule has 2 aromatic carbocycles. The van der Waals surface area contributed by atoms with E-state index in [0.717, 1.165) is 5.56 Å². The van der Waals surface area contributed by atoms with Gasteiger partial charge in [0.15, 0.2) is 0 Å². The monoisotopic (exact) mass is 342 g/mol. The molecule has 0 atom stereocenters. The molecule has 2 rings (SSSR count). The van der Waals surface area contributed by atoms with Gasteiger partial charge in [0, 0.05) is 19.3 Å². The van der Waals surface area contributed by atoms with Crippen molar-refractivity contribution in [3.05, 3.63) is 60.2 Å². The summed E-state index contributed by atoms with van der Waals surface area (Å²) in [5.74, 6) is 0.00407. The SMILES string of the molecule is COCCNC(=O)CC(=O)Nc1ccc(OCc2ccccc2)cc1. The van der Waals surface area contributed by atoms with Gasteiger partial charge in [0.05, 0.1) is 6.61 Å². The number of amides is 2. The number of methoxy groups -OCH3 is 1. The summed E-state index contributed by atoms with van der Waals surface area (Å²) < 4.78 is 10.5. The molecule has 2 aromatic rings. The molecular weight excluding hydrogens is 320 g/mol. The number of hydrogen-bond acceptors (Lipinski definition) is 4. The lowest BCUT2D eigenvalue weighted by atomic mass is 10.2. The molecule has 0 fully saturated rings. The van der Waals surface area contributed by atoms with Crippen LogP contribution in [0.15, 0.2) is 54.6 Å². The number of carbonyl (C=O) groups is 2.